The number of Topliss-reactive ketones (excluding diaryl/α,β-unsaturated/α-hetero) is 1. The number of hydrogen-bond donors (Lipinski definition) is 1. The van der Waals surface area contributed by atoms with Crippen molar-refractivity contribution in [3.05, 3.63) is 11.6 Å². The fraction of sp³-hybridized carbons (Fsp3) is 0.892. The summed E-state index contributed by atoms with van der Waals surface area (Å²) in [7, 11) is 0. The molecule has 41 heavy (non-hydrogen) atoms. The zero-order valence-electron chi connectivity index (χ0n) is 27.7. The number of ketones is 1. The molecule has 0 spiro atoms. The molecule has 4 aliphatic carbocycles. The number of allylic oxidation sites excluding steroid dienone is 1. The molecule has 0 aromatic rings. The van der Waals surface area contributed by atoms with Gasteiger partial charge >= 0.3 is 6.09 Å². The summed E-state index contributed by atoms with van der Waals surface area (Å²) in [5, 5.41) is 2.96. The van der Waals surface area contributed by atoms with Crippen LogP contribution in [0.4, 0.5) is 4.79 Å². The average Bonchev–Trinajstić information content (AvgIpc) is 3.27. The minimum Gasteiger partial charge on any atom is -0.446 e. The van der Waals surface area contributed by atoms with Gasteiger partial charge < -0.3 is 10.1 Å². The van der Waals surface area contributed by atoms with Gasteiger partial charge in [-0.3, -0.25) is 4.79 Å². The van der Waals surface area contributed by atoms with Gasteiger partial charge in [0.1, 0.15) is 11.9 Å². The molecule has 0 bridgehead atoms. The molecule has 0 radical (unpaired) electrons. The number of fused-ring (bicyclic) bond motifs is 5. The number of amides is 1. The van der Waals surface area contributed by atoms with E-state index in [0.29, 0.717) is 24.2 Å². The average molecular weight is 570 g/mol. The van der Waals surface area contributed by atoms with Gasteiger partial charge in [0.15, 0.2) is 0 Å². The lowest BCUT2D eigenvalue weighted by molar-refractivity contribution is -0.122. The molecule has 0 aliphatic heterocycles. The summed E-state index contributed by atoms with van der Waals surface area (Å²) in [6.45, 7) is 17.1. The van der Waals surface area contributed by atoms with Crippen LogP contribution in [-0.4, -0.2) is 24.5 Å². The molecular weight excluding hydrogens is 506 g/mol. The molecule has 1 N–H and O–H groups in total. The van der Waals surface area contributed by atoms with E-state index in [1.807, 2.05) is 13.8 Å². The molecule has 3 fully saturated rings. The highest BCUT2D eigenvalue weighted by atomic mass is 16.6. The van der Waals surface area contributed by atoms with Gasteiger partial charge in [-0.05, 0) is 104 Å². The van der Waals surface area contributed by atoms with Crippen LogP contribution in [0.3, 0.4) is 0 Å². The molecule has 1 unspecified atom stereocenters. The van der Waals surface area contributed by atoms with Crippen molar-refractivity contribution in [1.29, 1.82) is 0 Å². The second-order valence-electron chi connectivity index (χ2n) is 15.9. The highest BCUT2D eigenvalue weighted by Crippen LogP contribution is 2.67. The lowest BCUT2D eigenvalue weighted by Gasteiger charge is -2.58. The Morgan fingerprint density at radius 3 is 2.44 bits per heavy atom. The first-order valence-electron chi connectivity index (χ1n) is 17.6. The molecule has 4 nitrogen and oxygen atoms in total. The second kappa shape index (κ2) is 14.0. The largest absolute Gasteiger partial charge is 0.446 e. The number of carbonyl (C=O) groups is 2. The van der Waals surface area contributed by atoms with Gasteiger partial charge in [0, 0.05) is 25.3 Å². The Kier molecular flexibility index (Phi) is 11.1. The minimum atomic E-state index is -0.265. The molecule has 234 valence electrons. The number of unbranched alkanes of at least 4 members (excludes halogenated alkanes) is 2. The number of carbonyl (C=O) groups excluding carboxylic acids is 2. The van der Waals surface area contributed by atoms with Crippen LogP contribution in [-0.2, 0) is 9.53 Å². The lowest BCUT2D eigenvalue weighted by Crippen LogP contribution is -2.51. The number of hydrogen-bond acceptors (Lipinski definition) is 3. The van der Waals surface area contributed by atoms with E-state index >= 15 is 0 Å². The van der Waals surface area contributed by atoms with Crippen LogP contribution in [0.5, 0.6) is 0 Å². The molecule has 0 saturated heterocycles. The Morgan fingerprint density at radius 2 is 1.71 bits per heavy atom. The Morgan fingerprint density at radius 1 is 0.927 bits per heavy atom. The first-order chi connectivity index (χ1) is 19.5. The summed E-state index contributed by atoms with van der Waals surface area (Å²) in [4.78, 5) is 24.3. The summed E-state index contributed by atoms with van der Waals surface area (Å²) < 4.78 is 5.93. The van der Waals surface area contributed by atoms with Crippen LogP contribution < -0.4 is 5.32 Å². The third-order valence-electron chi connectivity index (χ3n) is 12.5. The van der Waals surface area contributed by atoms with Gasteiger partial charge in [0.2, 0.25) is 0 Å². The first kappa shape index (κ1) is 32.6. The standard InChI is InChI=1S/C37H63NO3/c1-25(2)12-11-13-27(5)31-17-18-32-30-16-15-28-24-29(19-21-36(28,6)33(30)20-22-37(31,32)7)41-35(40)38-23-10-8-9-14-34(39)26(3)4/h15,25-27,29-33H,8-14,16-24H2,1-7H3,(H,38,40)/t27-,29+,30?,31-,32+,33+,36+,37-/m1/s1. The molecular formula is C37H63NO3. The predicted molar refractivity (Wildman–Crippen MR) is 170 cm³/mol. The molecule has 4 rings (SSSR count). The van der Waals surface area contributed by atoms with Crippen LogP contribution in [0, 0.1) is 52.3 Å². The van der Waals surface area contributed by atoms with Crippen molar-refractivity contribution in [1.82, 2.24) is 5.32 Å². The summed E-state index contributed by atoms with van der Waals surface area (Å²) in [6, 6.07) is 0. The highest BCUT2D eigenvalue weighted by molar-refractivity contribution is 5.80. The van der Waals surface area contributed by atoms with E-state index in [0.717, 1.165) is 74.0 Å². The quantitative estimate of drug-likeness (QED) is 0.177. The Labute approximate surface area is 252 Å². The molecule has 0 heterocycles. The van der Waals surface area contributed by atoms with Gasteiger partial charge in [-0.25, -0.2) is 4.79 Å². The van der Waals surface area contributed by atoms with Gasteiger partial charge in [-0.15, -0.1) is 0 Å². The van der Waals surface area contributed by atoms with Gasteiger partial charge in [-0.1, -0.05) is 85.8 Å². The maximum Gasteiger partial charge on any atom is 0.407 e. The van der Waals surface area contributed by atoms with Crippen LogP contribution in [0.1, 0.15) is 145 Å². The molecule has 0 aromatic carbocycles. The van der Waals surface area contributed by atoms with E-state index in [2.05, 4.69) is 46.0 Å². The lowest BCUT2D eigenvalue weighted by atomic mass is 9.47. The van der Waals surface area contributed by atoms with Crippen LogP contribution in [0.2, 0.25) is 0 Å². The SMILES string of the molecule is CC(C)CCC[C@@H](C)[C@H]1CC[C@H]2C3CC=C4C[C@@H](OC(=O)NCCCCCC(=O)C(C)C)CC[C@]4(C)[C@H]3CC[C@]12C. The molecule has 3 saturated carbocycles. The maximum absolute atomic E-state index is 12.5. The molecule has 4 heteroatoms. The zero-order chi connectivity index (χ0) is 29.8. The Hall–Kier alpha value is -1.32. The normalized spacial score (nSPS) is 35.3. The highest BCUT2D eigenvalue weighted by Gasteiger charge is 2.59. The third kappa shape index (κ3) is 7.43. The van der Waals surface area contributed by atoms with Crippen molar-refractivity contribution in [3.8, 4) is 0 Å². The van der Waals surface area contributed by atoms with Crippen molar-refractivity contribution in [2.45, 2.75) is 151 Å². The maximum atomic E-state index is 12.5. The monoisotopic (exact) mass is 569 g/mol. The number of alkyl carbamates (subject to hydrolysis) is 1. The van der Waals surface area contributed by atoms with E-state index in [1.54, 1.807) is 5.57 Å². The van der Waals surface area contributed by atoms with Crippen molar-refractivity contribution in [2.24, 2.45) is 52.3 Å². The molecule has 4 aliphatic rings. The number of rotatable bonds is 13. The van der Waals surface area contributed by atoms with Gasteiger partial charge in [0.25, 0.3) is 0 Å². The van der Waals surface area contributed by atoms with Crippen LogP contribution in [0.15, 0.2) is 11.6 Å². The summed E-state index contributed by atoms with van der Waals surface area (Å²) >= 11 is 0. The summed E-state index contributed by atoms with van der Waals surface area (Å²) in [5.74, 6) is 5.57. The first-order valence-corrected chi connectivity index (χ1v) is 17.6. The zero-order valence-corrected chi connectivity index (χ0v) is 27.7. The fourth-order valence-corrected chi connectivity index (χ4v) is 10.0. The van der Waals surface area contributed by atoms with Gasteiger partial charge in [0.05, 0.1) is 0 Å². The summed E-state index contributed by atoms with van der Waals surface area (Å²) in [5.41, 5.74) is 2.40. The van der Waals surface area contributed by atoms with Crippen molar-refractivity contribution in [3.63, 3.8) is 0 Å². The topological polar surface area (TPSA) is 55.4 Å². The van der Waals surface area contributed by atoms with Crippen LogP contribution >= 0.6 is 0 Å². The van der Waals surface area contributed by atoms with E-state index in [4.69, 9.17) is 4.74 Å². The van der Waals surface area contributed by atoms with Crippen molar-refractivity contribution >= 4 is 11.9 Å². The smallest absolute Gasteiger partial charge is 0.407 e. The minimum absolute atomic E-state index is 0.00550. The Balaban J connectivity index is 1.26. The van der Waals surface area contributed by atoms with E-state index < -0.39 is 0 Å². The van der Waals surface area contributed by atoms with E-state index in [1.165, 1.54) is 51.4 Å². The van der Waals surface area contributed by atoms with Crippen molar-refractivity contribution in [2.75, 3.05) is 6.54 Å². The molecule has 0 aromatic heterocycles. The number of ether oxygens (including phenoxy) is 1. The number of nitrogens with one attached hydrogen (secondary N) is 1. The van der Waals surface area contributed by atoms with Gasteiger partial charge in [-0.2, -0.15) is 0 Å². The third-order valence-corrected chi connectivity index (χ3v) is 12.5. The van der Waals surface area contributed by atoms with E-state index in [9.17, 15) is 9.59 Å². The van der Waals surface area contributed by atoms with E-state index in [-0.39, 0.29) is 23.5 Å². The fourth-order valence-electron chi connectivity index (χ4n) is 10.0. The molecule has 8 atom stereocenters. The molecule has 1 amide bonds. The second-order valence-corrected chi connectivity index (χ2v) is 15.9. The predicted octanol–water partition coefficient (Wildman–Crippen LogP) is 9.91. The Bertz CT molecular complexity index is 923. The summed E-state index contributed by atoms with van der Waals surface area (Å²) in [6.07, 6.45) is 19.9. The van der Waals surface area contributed by atoms with Crippen molar-refractivity contribution < 1.29 is 14.3 Å². The van der Waals surface area contributed by atoms with Crippen LogP contribution in [0.25, 0.3) is 0 Å².